The smallest absolute Gasteiger partial charge is 0.272 e. The van der Waals surface area contributed by atoms with Crippen LogP contribution in [0.5, 0.6) is 0 Å². The third-order valence-corrected chi connectivity index (χ3v) is 2.19. The highest BCUT2D eigenvalue weighted by atomic mass is 79.9. The van der Waals surface area contributed by atoms with Gasteiger partial charge in [-0.05, 0) is 22.9 Å². The minimum atomic E-state index is -0.314. The number of aliphatic hydroxyl groups excluding tert-OH is 1. The van der Waals surface area contributed by atoms with E-state index in [4.69, 9.17) is 5.11 Å². The fourth-order valence-corrected chi connectivity index (χ4v) is 1.42. The van der Waals surface area contributed by atoms with Crippen molar-refractivity contribution < 1.29 is 9.90 Å². The molecule has 6 nitrogen and oxygen atoms in total. The Morgan fingerprint density at radius 1 is 1.79 bits per heavy atom. The number of hydrogen-bond acceptors (Lipinski definition) is 4. The van der Waals surface area contributed by atoms with Crippen LogP contribution in [-0.2, 0) is 7.05 Å². The van der Waals surface area contributed by atoms with Gasteiger partial charge in [-0.2, -0.15) is 0 Å². The van der Waals surface area contributed by atoms with Crippen molar-refractivity contribution in [2.24, 2.45) is 7.05 Å². The molecule has 7 heteroatoms. The van der Waals surface area contributed by atoms with E-state index in [9.17, 15) is 4.79 Å². The van der Waals surface area contributed by atoms with Gasteiger partial charge in [0.2, 0.25) is 0 Å². The number of carbonyl (C=O) groups excluding carboxylic acids is 1. The molecule has 0 aliphatic rings. The van der Waals surface area contributed by atoms with Gasteiger partial charge >= 0.3 is 0 Å². The molecule has 1 atom stereocenters. The van der Waals surface area contributed by atoms with Crippen molar-refractivity contribution in [2.45, 2.75) is 13.0 Å². The molecule has 1 amide bonds. The van der Waals surface area contributed by atoms with Crippen molar-refractivity contribution >= 4 is 21.8 Å². The first-order valence-corrected chi connectivity index (χ1v) is 4.82. The molecule has 0 aromatic carbocycles. The first kappa shape index (κ1) is 11.1. The van der Waals surface area contributed by atoms with Crippen LogP contribution >= 0.6 is 15.9 Å². The van der Waals surface area contributed by atoms with Gasteiger partial charge in [-0.1, -0.05) is 5.21 Å². The number of aryl methyl sites for hydroxylation is 1. The van der Waals surface area contributed by atoms with Crippen LogP contribution in [0.1, 0.15) is 17.4 Å². The molecule has 1 unspecified atom stereocenters. The number of amides is 1. The molecular formula is C7H11BrN4O2. The van der Waals surface area contributed by atoms with Crippen LogP contribution in [-0.4, -0.2) is 38.7 Å². The quantitative estimate of drug-likeness (QED) is 0.783. The van der Waals surface area contributed by atoms with Gasteiger partial charge in [0.15, 0.2) is 10.3 Å². The lowest BCUT2D eigenvalue weighted by Crippen LogP contribution is -2.36. The number of aromatic nitrogens is 3. The van der Waals surface area contributed by atoms with Gasteiger partial charge in [0, 0.05) is 13.1 Å². The van der Waals surface area contributed by atoms with E-state index in [2.05, 4.69) is 31.6 Å². The van der Waals surface area contributed by atoms with Gasteiger partial charge in [-0.25, -0.2) is 4.68 Å². The Morgan fingerprint density at radius 3 is 2.86 bits per heavy atom. The summed E-state index contributed by atoms with van der Waals surface area (Å²) in [6, 6.07) is -0.288. The van der Waals surface area contributed by atoms with Crippen LogP contribution in [0.4, 0.5) is 0 Å². The minimum absolute atomic E-state index is 0.103. The Morgan fingerprint density at radius 2 is 2.43 bits per heavy atom. The summed E-state index contributed by atoms with van der Waals surface area (Å²) in [5.41, 5.74) is 0.338. The van der Waals surface area contributed by atoms with Gasteiger partial charge in [0.25, 0.3) is 5.91 Å². The van der Waals surface area contributed by atoms with Crippen LogP contribution in [0, 0.1) is 0 Å². The SMILES string of the molecule is CC(CO)NC(=O)c1c(Br)nnn1C. The van der Waals surface area contributed by atoms with E-state index in [-0.39, 0.29) is 18.6 Å². The molecule has 1 aromatic heterocycles. The zero-order valence-corrected chi connectivity index (χ0v) is 9.45. The number of halogens is 1. The summed E-state index contributed by atoms with van der Waals surface area (Å²) < 4.78 is 1.76. The Kier molecular flexibility index (Phi) is 3.59. The highest BCUT2D eigenvalue weighted by molar-refractivity contribution is 9.10. The van der Waals surface area contributed by atoms with Gasteiger partial charge in [0.1, 0.15) is 0 Å². The molecule has 14 heavy (non-hydrogen) atoms. The number of nitrogens with zero attached hydrogens (tertiary/aromatic N) is 3. The molecule has 0 fully saturated rings. The zero-order valence-electron chi connectivity index (χ0n) is 7.86. The fraction of sp³-hybridized carbons (Fsp3) is 0.571. The Bertz CT molecular complexity index is 319. The standard InChI is InChI=1S/C7H11BrN4O2/c1-4(3-13)9-7(14)5-6(8)10-11-12(5)2/h4,13H,3H2,1-2H3,(H,9,14). The molecule has 78 valence electrons. The van der Waals surface area contributed by atoms with Gasteiger partial charge in [-0.15, -0.1) is 5.10 Å². The summed E-state index contributed by atoms with van der Waals surface area (Å²) in [7, 11) is 1.62. The summed E-state index contributed by atoms with van der Waals surface area (Å²) in [5, 5.41) is 18.7. The summed E-state index contributed by atoms with van der Waals surface area (Å²) in [4.78, 5) is 11.6. The predicted octanol–water partition coefficient (Wildman–Crippen LogP) is -0.312. The summed E-state index contributed by atoms with van der Waals surface area (Å²) in [6.07, 6.45) is 0. The molecule has 0 bridgehead atoms. The highest BCUT2D eigenvalue weighted by Crippen LogP contribution is 2.11. The molecule has 2 N–H and O–H groups in total. The van der Waals surface area contributed by atoms with Crippen LogP contribution in [0.3, 0.4) is 0 Å². The molecule has 1 rings (SSSR count). The van der Waals surface area contributed by atoms with Crippen LogP contribution in [0.2, 0.25) is 0 Å². The van der Waals surface area contributed by atoms with E-state index in [1.165, 1.54) is 4.68 Å². The first-order chi connectivity index (χ1) is 6.56. The normalized spacial score (nSPS) is 12.6. The lowest BCUT2D eigenvalue weighted by atomic mass is 10.3. The van der Waals surface area contributed by atoms with E-state index in [0.717, 1.165) is 0 Å². The number of nitrogens with one attached hydrogen (secondary N) is 1. The Balaban J connectivity index is 2.79. The molecule has 0 radical (unpaired) electrons. The minimum Gasteiger partial charge on any atom is -0.394 e. The maximum absolute atomic E-state index is 11.6. The van der Waals surface area contributed by atoms with E-state index >= 15 is 0 Å². The van der Waals surface area contributed by atoms with Crippen LogP contribution in [0.25, 0.3) is 0 Å². The summed E-state index contributed by atoms with van der Waals surface area (Å²) in [6.45, 7) is 1.60. The van der Waals surface area contributed by atoms with Crippen molar-refractivity contribution in [2.75, 3.05) is 6.61 Å². The lowest BCUT2D eigenvalue weighted by molar-refractivity contribution is 0.0912. The number of rotatable bonds is 3. The average Bonchev–Trinajstić information content (AvgIpc) is 2.46. The maximum atomic E-state index is 11.6. The van der Waals surface area contributed by atoms with Crippen molar-refractivity contribution in [3.8, 4) is 0 Å². The largest absolute Gasteiger partial charge is 0.394 e. The van der Waals surface area contributed by atoms with E-state index in [1.807, 2.05) is 0 Å². The number of carbonyl (C=O) groups is 1. The molecular weight excluding hydrogens is 252 g/mol. The topological polar surface area (TPSA) is 80.0 Å². The number of hydrogen-bond donors (Lipinski definition) is 2. The second-order valence-corrected chi connectivity index (χ2v) is 3.66. The highest BCUT2D eigenvalue weighted by Gasteiger charge is 2.17. The third-order valence-electron chi connectivity index (χ3n) is 1.65. The average molecular weight is 263 g/mol. The number of aliphatic hydroxyl groups is 1. The van der Waals surface area contributed by atoms with Crippen molar-refractivity contribution in [3.63, 3.8) is 0 Å². The Hall–Kier alpha value is -0.950. The van der Waals surface area contributed by atoms with Crippen LogP contribution in [0.15, 0.2) is 4.60 Å². The van der Waals surface area contributed by atoms with Gasteiger partial charge in [-0.3, -0.25) is 4.79 Å². The molecule has 1 aromatic rings. The van der Waals surface area contributed by atoms with E-state index < -0.39 is 0 Å². The van der Waals surface area contributed by atoms with Gasteiger partial charge < -0.3 is 10.4 Å². The molecule has 0 aliphatic heterocycles. The fourth-order valence-electron chi connectivity index (χ4n) is 0.910. The van der Waals surface area contributed by atoms with Crippen molar-refractivity contribution in [3.05, 3.63) is 10.3 Å². The second-order valence-electron chi connectivity index (χ2n) is 2.91. The molecule has 0 spiro atoms. The third kappa shape index (κ3) is 2.30. The lowest BCUT2D eigenvalue weighted by Gasteiger charge is -2.10. The van der Waals surface area contributed by atoms with Crippen LogP contribution < -0.4 is 5.32 Å². The monoisotopic (exact) mass is 262 g/mol. The Labute approximate surface area is 89.4 Å². The predicted molar refractivity (Wildman–Crippen MR) is 52.7 cm³/mol. The molecule has 0 saturated carbocycles. The molecule has 0 saturated heterocycles. The second kappa shape index (κ2) is 4.52. The summed E-state index contributed by atoms with van der Waals surface area (Å²) in [5.74, 6) is -0.314. The zero-order chi connectivity index (χ0) is 10.7. The summed E-state index contributed by atoms with van der Waals surface area (Å²) >= 11 is 3.11. The van der Waals surface area contributed by atoms with E-state index in [0.29, 0.717) is 10.3 Å². The maximum Gasteiger partial charge on any atom is 0.272 e. The van der Waals surface area contributed by atoms with Crippen molar-refractivity contribution in [1.29, 1.82) is 0 Å². The molecule has 0 aliphatic carbocycles. The van der Waals surface area contributed by atoms with E-state index in [1.54, 1.807) is 14.0 Å². The molecule has 1 heterocycles. The van der Waals surface area contributed by atoms with Gasteiger partial charge in [0.05, 0.1) is 6.61 Å². The first-order valence-electron chi connectivity index (χ1n) is 4.03. The van der Waals surface area contributed by atoms with Crippen molar-refractivity contribution in [1.82, 2.24) is 20.3 Å².